The van der Waals surface area contributed by atoms with Crippen molar-refractivity contribution in [3.8, 4) is 11.1 Å². The van der Waals surface area contributed by atoms with Crippen molar-refractivity contribution in [2.24, 2.45) is 5.41 Å². The van der Waals surface area contributed by atoms with E-state index < -0.39 is 17.8 Å². The van der Waals surface area contributed by atoms with E-state index in [4.69, 9.17) is 5.11 Å². The van der Waals surface area contributed by atoms with Gasteiger partial charge in [-0.1, -0.05) is 50.2 Å². The Bertz CT molecular complexity index is 828. The van der Waals surface area contributed by atoms with Crippen LogP contribution < -0.4 is 5.32 Å². The van der Waals surface area contributed by atoms with Gasteiger partial charge in [0.25, 0.3) is 0 Å². The molecule has 0 saturated carbocycles. The minimum absolute atomic E-state index is 0.130. The maximum Gasteiger partial charge on any atom is 0.417 e. The average Bonchev–Trinajstić information content (AvgIpc) is 2.75. The third kappa shape index (κ3) is 3.21. The van der Waals surface area contributed by atoms with Crippen LogP contribution in [0.1, 0.15) is 36.6 Å². The van der Waals surface area contributed by atoms with Crippen molar-refractivity contribution in [1.82, 2.24) is 5.32 Å². The van der Waals surface area contributed by atoms with Crippen molar-refractivity contribution in [3.05, 3.63) is 59.2 Å². The predicted molar refractivity (Wildman–Crippen MR) is 88.3 cm³/mol. The summed E-state index contributed by atoms with van der Waals surface area (Å²) in [7, 11) is 0. The summed E-state index contributed by atoms with van der Waals surface area (Å²) in [5.74, 6) is 0. The topological polar surface area (TPSA) is 49.3 Å². The summed E-state index contributed by atoms with van der Waals surface area (Å²) in [6.45, 7) is 3.88. The number of hydrogen-bond donors (Lipinski definition) is 2. The summed E-state index contributed by atoms with van der Waals surface area (Å²) < 4.78 is 39.8. The highest BCUT2D eigenvalue weighted by Crippen LogP contribution is 2.47. The zero-order chi connectivity index (χ0) is 18.4. The van der Waals surface area contributed by atoms with Crippen LogP contribution in [0.2, 0.25) is 0 Å². The van der Waals surface area contributed by atoms with Gasteiger partial charge in [0.1, 0.15) is 0 Å². The molecule has 0 bridgehead atoms. The van der Waals surface area contributed by atoms with Crippen molar-refractivity contribution >= 4 is 6.09 Å². The fourth-order valence-electron chi connectivity index (χ4n) is 3.60. The van der Waals surface area contributed by atoms with Crippen LogP contribution in [-0.2, 0) is 12.6 Å². The van der Waals surface area contributed by atoms with Gasteiger partial charge in [-0.2, -0.15) is 13.2 Å². The van der Waals surface area contributed by atoms with Gasteiger partial charge in [0, 0.05) is 0 Å². The lowest BCUT2D eigenvalue weighted by atomic mass is 9.85. The smallest absolute Gasteiger partial charge is 0.417 e. The number of alkyl halides is 3. The lowest BCUT2D eigenvalue weighted by Crippen LogP contribution is -2.34. The van der Waals surface area contributed by atoms with Crippen LogP contribution >= 0.6 is 0 Å². The summed E-state index contributed by atoms with van der Waals surface area (Å²) in [4.78, 5) is 11.1. The molecule has 0 aliphatic heterocycles. The number of rotatable bonds is 2. The van der Waals surface area contributed by atoms with Crippen LogP contribution in [0.25, 0.3) is 11.1 Å². The number of nitrogens with one attached hydrogen (secondary N) is 1. The lowest BCUT2D eigenvalue weighted by molar-refractivity contribution is -0.137. The van der Waals surface area contributed by atoms with E-state index in [2.05, 4.69) is 5.32 Å². The zero-order valence-electron chi connectivity index (χ0n) is 13.8. The Kier molecular flexibility index (Phi) is 4.01. The molecule has 1 aliphatic rings. The van der Waals surface area contributed by atoms with E-state index in [-0.39, 0.29) is 17.0 Å². The highest BCUT2D eigenvalue weighted by atomic mass is 19.4. The Balaban J connectivity index is 2.07. The predicted octanol–water partition coefficient (Wildman–Crippen LogP) is 5.26. The number of carbonyl (C=O) groups is 1. The first-order valence-electron chi connectivity index (χ1n) is 7.88. The molecule has 0 heterocycles. The molecule has 1 amide bonds. The van der Waals surface area contributed by atoms with Crippen LogP contribution in [0, 0.1) is 5.41 Å². The summed E-state index contributed by atoms with van der Waals surface area (Å²) in [6.07, 6.45) is -4.95. The van der Waals surface area contributed by atoms with Gasteiger partial charge in [-0.25, -0.2) is 4.79 Å². The fourth-order valence-corrected chi connectivity index (χ4v) is 3.60. The molecule has 2 aromatic rings. The van der Waals surface area contributed by atoms with Gasteiger partial charge >= 0.3 is 12.3 Å². The van der Waals surface area contributed by atoms with Gasteiger partial charge in [-0.3, -0.25) is 0 Å². The fraction of sp³-hybridized carbons (Fsp3) is 0.316. The van der Waals surface area contributed by atoms with E-state index in [0.717, 1.165) is 17.2 Å². The number of carboxylic acid groups (broad SMARTS) is 1. The Morgan fingerprint density at radius 1 is 1.20 bits per heavy atom. The number of benzene rings is 2. The van der Waals surface area contributed by atoms with Crippen molar-refractivity contribution in [1.29, 1.82) is 0 Å². The van der Waals surface area contributed by atoms with Crippen LogP contribution in [0.4, 0.5) is 18.0 Å². The monoisotopic (exact) mass is 349 g/mol. The Labute approximate surface area is 143 Å². The highest BCUT2D eigenvalue weighted by Gasteiger charge is 2.40. The maximum atomic E-state index is 13.3. The maximum absolute atomic E-state index is 13.3. The summed E-state index contributed by atoms with van der Waals surface area (Å²) >= 11 is 0. The quantitative estimate of drug-likeness (QED) is 0.777. The summed E-state index contributed by atoms with van der Waals surface area (Å²) in [5.41, 5.74) is 1.29. The SMILES string of the molecule is CC1(C)Cc2cc(-c3ccccc3C(F)(F)F)ccc2C1NC(=O)O. The zero-order valence-corrected chi connectivity index (χ0v) is 13.8. The van der Waals surface area contributed by atoms with Crippen LogP contribution in [-0.4, -0.2) is 11.2 Å². The first-order valence-corrected chi connectivity index (χ1v) is 7.88. The van der Waals surface area contributed by atoms with E-state index in [1.165, 1.54) is 12.1 Å². The molecule has 6 heteroatoms. The van der Waals surface area contributed by atoms with Crippen LogP contribution in [0.15, 0.2) is 42.5 Å². The molecule has 1 unspecified atom stereocenters. The number of fused-ring (bicyclic) bond motifs is 1. The molecule has 132 valence electrons. The van der Waals surface area contributed by atoms with Crippen molar-refractivity contribution in [2.75, 3.05) is 0 Å². The van der Waals surface area contributed by atoms with Crippen molar-refractivity contribution < 1.29 is 23.1 Å². The molecule has 0 aromatic heterocycles. The van der Waals surface area contributed by atoms with E-state index in [0.29, 0.717) is 12.0 Å². The molecule has 1 atom stereocenters. The van der Waals surface area contributed by atoms with Crippen molar-refractivity contribution in [2.45, 2.75) is 32.5 Å². The minimum Gasteiger partial charge on any atom is -0.465 e. The first-order chi connectivity index (χ1) is 11.6. The van der Waals surface area contributed by atoms with Crippen LogP contribution in [0.3, 0.4) is 0 Å². The third-order valence-electron chi connectivity index (χ3n) is 4.69. The molecule has 0 fully saturated rings. The first kappa shape index (κ1) is 17.3. The molecule has 2 N–H and O–H groups in total. The van der Waals surface area contributed by atoms with Gasteiger partial charge in [0.05, 0.1) is 11.6 Å². The van der Waals surface area contributed by atoms with Gasteiger partial charge in [-0.15, -0.1) is 0 Å². The molecular weight excluding hydrogens is 331 g/mol. The molecule has 2 aromatic carbocycles. The Morgan fingerprint density at radius 3 is 2.52 bits per heavy atom. The van der Waals surface area contributed by atoms with Gasteiger partial charge in [0.15, 0.2) is 0 Å². The molecule has 0 spiro atoms. The van der Waals surface area contributed by atoms with Gasteiger partial charge in [-0.05, 0) is 40.2 Å². The molecule has 0 radical (unpaired) electrons. The molecule has 3 rings (SSSR count). The second-order valence-electron chi connectivity index (χ2n) is 7.00. The number of amides is 1. The highest BCUT2D eigenvalue weighted by molar-refractivity contribution is 5.71. The van der Waals surface area contributed by atoms with E-state index in [9.17, 15) is 18.0 Å². The molecular formula is C19H18F3NO2. The van der Waals surface area contributed by atoms with Gasteiger partial charge in [0.2, 0.25) is 0 Å². The minimum atomic E-state index is -4.43. The molecule has 3 nitrogen and oxygen atoms in total. The van der Waals surface area contributed by atoms with Gasteiger partial charge < -0.3 is 10.4 Å². The summed E-state index contributed by atoms with van der Waals surface area (Å²) in [6, 6.07) is 10.2. The number of halogens is 3. The molecule has 1 aliphatic carbocycles. The second kappa shape index (κ2) is 5.79. The van der Waals surface area contributed by atoms with Crippen LogP contribution in [0.5, 0.6) is 0 Å². The standard InChI is InChI=1S/C19H18F3NO2/c1-18(2)10-12-9-11(7-8-14(12)16(18)23-17(24)25)13-5-3-4-6-15(13)19(20,21)22/h3-9,16,23H,10H2,1-2H3,(H,24,25). The average molecular weight is 349 g/mol. The number of hydrogen-bond acceptors (Lipinski definition) is 1. The second-order valence-corrected chi connectivity index (χ2v) is 7.00. The largest absolute Gasteiger partial charge is 0.465 e. The molecule has 0 saturated heterocycles. The van der Waals surface area contributed by atoms with Crippen molar-refractivity contribution in [3.63, 3.8) is 0 Å². The summed E-state index contributed by atoms with van der Waals surface area (Å²) in [5, 5.41) is 11.6. The Morgan fingerprint density at radius 2 is 1.88 bits per heavy atom. The Hall–Kier alpha value is -2.50. The normalized spacial score (nSPS) is 18.7. The lowest BCUT2D eigenvalue weighted by Gasteiger charge is -2.27. The van der Waals surface area contributed by atoms with E-state index in [1.807, 2.05) is 13.8 Å². The van der Waals surface area contributed by atoms with E-state index >= 15 is 0 Å². The third-order valence-corrected chi connectivity index (χ3v) is 4.69. The molecule has 25 heavy (non-hydrogen) atoms. The van der Waals surface area contributed by atoms with E-state index in [1.54, 1.807) is 24.3 Å².